The minimum Gasteiger partial charge on any atom is -0.393 e. The van der Waals surface area contributed by atoms with Crippen LogP contribution in [0.15, 0.2) is 79.6 Å². The quantitative estimate of drug-likeness (QED) is 0.334. The van der Waals surface area contributed by atoms with Crippen LogP contribution in [-0.2, 0) is 5.41 Å². The number of rotatable bonds is 6. The van der Waals surface area contributed by atoms with Gasteiger partial charge in [-0.3, -0.25) is 4.98 Å². The van der Waals surface area contributed by atoms with Gasteiger partial charge in [0.25, 0.3) is 0 Å². The molecule has 2 aromatic heterocycles. The van der Waals surface area contributed by atoms with E-state index < -0.39 is 6.10 Å². The second-order valence-corrected chi connectivity index (χ2v) is 9.71. The van der Waals surface area contributed by atoms with Crippen LogP contribution in [0, 0.1) is 5.92 Å². The lowest BCUT2D eigenvalue weighted by molar-refractivity contribution is 0.00419. The highest BCUT2D eigenvalue weighted by Crippen LogP contribution is 2.56. The molecule has 0 saturated heterocycles. The van der Waals surface area contributed by atoms with E-state index in [0.717, 1.165) is 65.5 Å². The lowest BCUT2D eigenvalue weighted by Gasteiger charge is -2.51. The number of aliphatic hydroxyl groups is 2. The van der Waals surface area contributed by atoms with Crippen molar-refractivity contribution in [2.45, 2.75) is 70.0 Å². The molecule has 1 fully saturated rings. The number of hydrogen-bond donors (Lipinski definition) is 3. The number of hydrogen-bond acceptors (Lipinski definition) is 3. The zero-order valence-electron chi connectivity index (χ0n) is 21.0. The lowest BCUT2D eigenvalue weighted by Crippen LogP contribution is -2.46. The van der Waals surface area contributed by atoms with Crippen molar-refractivity contribution in [3.05, 3.63) is 90.7 Å². The Morgan fingerprint density at radius 2 is 2.03 bits per heavy atom. The maximum absolute atomic E-state index is 11.2. The summed E-state index contributed by atoms with van der Waals surface area (Å²) in [7, 11) is 0. The highest BCUT2D eigenvalue weighted by atomic mass is 16.3. The smallest absolute Gasteiger partial charge is 0.0885 e. The Bertz CT molecular complexity index is 1190. The molecule has 5 rings (SSSR count). The standard InChI is InChI=1S/C29H32N2O2.C2H6/c1-3-4-6-19(2)10-12-29-13-11-22(32)16-21(29)17-28(33)23-15-20(8-9-24(23)29)26-18-27-25(31-26)7-5-14-30-27;1-2/h3-9,14-15,18,21-22,28,31-33H,1-2,10-13,16-17H2;1-2H3/b6-4-;/t21?,22-,28-,29-;/m1./s1. The number of aromatic amines is 1. The molecule has 0 amide bonds. The molecule has 4 atom stereocenters. The van der Waals surface area contributed by atoms with Gasteiger partial charge in [0.2, 0.25) is 0 Å². The Hall–Kier alpha value is -2.95. The van der Waals surface area contributed by atoms with E-state index in [2.05, 4.69) is 47.4 Å². The van der Waals surface area contributed by atoms with Crippen molar-refractivity contribution in [1.82, 2.24) is 9.97 Å². The lowest BCUT2D eigenvalue weighted by atomic mass is 9.54. The van der Waals surface area contributed by atoms with Crippen LogP contribution in [0.2, 0.25) is 0 Å². The first-order valence-electron chi connectivity index (χ1n) is 12.9. The summed E-state index contributed by atoms with van der Waals surface area (Å²) in [5.74, 6) is 0.267. The molecule has 35 heavy (non-hydrogen) atoms. The van der Waals surface area contributed by atoms with Gasteiger partial charge in [0, 0.05) is 11.9 Å². The second kappa shape index (κ2) is 10.8. The first-order valence-corrected chi connectivity index (χ1v) is 12.9. The summed E-state index contributed by atoms with van der Waals surface area (Å²) in [4.78, 5) is 7.90. The molecule has 4 nitrogen and oxygen atoms in total. The van der Waals surface area contributed by atoms with Crippen LogP contribution in [0.1, 0.15) is 69.6 Å². The predicted molar refractivity (Wildman–Crippen MR) is 145 cm³/mol. The highest BCUT2D eigenvalue weighted by molar-refractivity contribution is 5.82. The van der Waals surface area contributed by atoms with Gasteiger partial charge in [0.05, 0.1) is 23.2 Å². The minimum atomic E-state index is -0.519. The van der Waals surface area contributed by atoms with Gasteiger partial charge < -0.3 is 15.2 Å². The summed E-state index contributed by atoms with van der Waals surface area (Å²) < 4.78 is 0. The molecule has 0 radical (unpaired) electrons. The number of allylic oxidation sites excluding steroid dienone is 4. The van der Waals surface area contributed by atoms with E-state index in [1.165, 1.54) is 5.56 Å². The number of nitrogens with zero attached hydrogens (tertiary/aromatic N) is 1. The third kappa shape index (κ3) is 4.91. The van der Waals surface area contributed by atoms with Crippen molar-refractivity contribution in [3.63, 3.8) is 0 Å². The van der Waals surface area contributed by atoms with Crippen molar-refractivity contribution in [2.24, 2.45) is 5.92 Å². The minimum absolute atomic E-state index is 0.0424. The van der Waals surface area contributed by atoms with Gasteiger partial charge in [-0.25, -0.2) is 0 Å². The molecule has 3 N–H and O–H groups in total. The summed E-state index contributed by atoms with van der Waals surface area (Å²) in [6.45, 7) is 12.0. The Kier molecular flexibility index (Phi) is 7.73. The molecule has 3 aromatic rings. The fourth-order valence-electron chi connectivity index (χ4n) is 6.08. The van der Waals surface area contributed by atoms with Gasteiger partial charge in [-0.15, -0.1) is 0 Å². The van der Waals surface area contributed by atoms with Gasteiger partial charge in [-0.1, -0.05) is 62.9 Å². The zero-order valence-corrected chi connectivity index (χ0v) is 21.0. The van der Waals surface area contributed by atoms with Crippen LogP contribution in [-0.4, -0.2) is 26.3 Å². The van der Waals surface area contributed by atoms with Gasteiger partial charge >= 0.3 is 0 Å². The Morgan fingerprint density at radius 3 is 2.80 bits per heavy atom. The topological polar surface area (TPSA) is 69.1 Å². The van der Waals surface area contributed by atoms with E-state index in [0.29, 0.717) is 6.42 Å². The zero-order chi connectivity index (χ0) is 25.0. The molecule has 1 aromatic carbocycles. The summed E-state index contributed by atoms with van der Waals surface area (Å²) in [5.41, 5.74) is 7.34. The van der Waals surface area contributed by atoms with Gasteiger partial charge in [-0.2, -0.15) is 0 Å². The summed E-state index contributed by atoms with van der Waals surface area (Å²) in [5, 5.41) is 21.6. The van der Waals surface area contributed by atoms with Crippen molar-refractivity contribution in [2.75, 3.05) is 0 Å². The molecule has 2 heterocycles. The third-order valence-corrected chi connectivity index (χ3v) is 7.78. The van der Waals surface area contributed by atoms with E-state index in [-0.39, 0.29) is 17.4 Å². The summed E-state index contributed by atoms with van der Waals surface area (Å²) in [6.07, 6.45) is 11.8. The molecule has 0 bridgehead atoms. The third-order valence-electron chi connectivity index (χ3n) is 7.78. The maximum Gasteiger partial charge on any atom is 0.0885 e. The fourth-order valence-corrected chi connectivity index (χ4v) is 6.08. The van der Waals surface area contributed by atoms with Gasteiger partial charge in [-0.05, 0) is 90.8 Å². The van der Waals surface area contributed by atoms with Gasteiger partial charge in [0.1, 0.15) is 0 Å². The first kappa shape index (κ1) is 25.2. The molecule has 184 valence electrons. The largest absolute Gasteiger partial charge is 0.393 e. The Balaban J connectivity index is 0.00000141. The normalized spacial score (nSPS) is 25.4. The molecule has 1 saturated carbocycles. The van der Waals surface area contributed by atoms with Crippen LogP contribution in [0.3, 0.4) is 0 Å². The number of nitrogens with one attached hydrogen (secondary N) is 1. The van der Waals surface area contributed by atoms with Crippen molar-refractivity contribution >= 4 is 11.0 Å². The Labute approximate surface area is 209 Å². The van der Waals surface area contributed by atoms with Crippen molar-refractivity contribution < 1.29 is 10.2 Å². The van der Waals surface area contributed by atoms with Crippen molar-refractivity contribution in [1.29, 1.82) is 0 Å². The molecular weight excluding hydrogens is 432 g/mol. The Morgan fingerprint density at radius 1 is 1.20 bits per heavy atom. The van der Waals surface area contributed by atoms with Crippen LogP contribution in [0.4, 0.5) is 0 Å². The average molecular weight is 471 g/mol. The molecular formula is C31H38N2O2. The molecule has 0 spiro atoms. The van der Waals surface area contributed by atoms with Crippen LogP contribution in [0.5, 0.6) is 0 Å². The molecule has 0 aliphatic heterocycles. The monoisotopic (exact) mass is 470 g/mol. The maximum atomic E-state index is 11.2. The van der Waals surface area contributed by atoms with E-state index in [4.69, 9.17) is 0 Å². The second-order valence-electron chi connectivity index (χ2n) is 9.71. The number of H-pyrrole nitrogens is 1. The highest BCUT2D eigenvalue weighted by Gasteiger charge is 2.49. The van der Waals surface area contributed by atoms with Gasteiger partial charge in [0.15, 0.2) is 0 Å². The predicted octanol–water partition coefficient (Wildman–Crippen LogP) is 7.17. The number of aliphatic hydroxyl groups excluding tert-OH is 2. The molecule has 4 heteroatoms. The van der Waals surface area contributed by atoms with E-state index in [9.17, 15) is 10.2 Å². The van der Waals surface area contributed by atoms with Crippen LogP contribution >= 0.6 is 0 Å². The van der Waals surface area contributed by atoms with E-state index in [1.54, 1.807) is 12.3 Å². The summed E-state index contributed by atoms with van der Waals surface area (Å²) in [6, 6.07) is 12.6. The molecule has 2 aliphatic carbocycles. The first-order chi connectivity index (χ1) is 17.0. The SMILES string of the molecule is C=C/C=C\C(=C)CC[C@@]12CC[C@@H](O)CC1C[C@@H](O)c1cc(-c3cc4ncccc4[nH]3)ccc12.CC. The number of fused-ring (bicyclic) bond motifs is 4. The van der Waals surface area contributed by atoms with Crippen LogP contribution in [0.25, 0.3) is 22.3 Å². The number of pyridine rings is 1. The number of aromatic nitrogens is 2. The fraction of sp³-hybridized carbons (Fsp3) is 0.387. The van der Waals surface area contributed by atoms with E-state index >= 15 is 0 Å². The van der Waals surface area contributed by atoms with Crippen LogP contribution < -0.4 is 0 Å². The summed E-state index contributed by atoms with van der Waals surface area (Å²) >= 11 is 0. The van der Waals surface area contributed by atoms with E-state index in [1.807, 2.05) is 38.1 Å². The molecule has 1 unspecified atom stereocenters. The average Bonchev–Trinajstić information content (AvgIpc) is 3.32. The molecule has 2 aliphatic rings. The number of benzene rings is 1. The van der Waals surface area contributed by atoms with Crippen molar-refractivity contribution in [3.8, 4) is 11.3 Å².